The van der Waals surface area contributed by atoms with Crippen molar-refractivity contribution in [3.05, 3.63) is 54.1 Å². The molecule has 26 heavy (non-hydrogen) atoms. The maximum Gasteiger partial charge on any atom is 0.279 e. The second-order valence-corrected chi connectivity index (χ2v) is 6.58. The minimum absolute atomic E-state index is 0.0573. The van der Waals surface area contributed by atoms with E-state index in [1.807, 2.05) is 24.5 Å². The molecule has 1 unspecified atom stereocenters. The lowest BCUT2D eigenvalue weighted by Gasteiger charge is -2.15. The molecule has 0 bridgehead atoms. The normalized spacial score (nSPS) is 11.7. The van der Waals surface area contributed by atoms with Crippen molar-refractivity contribution in [1.82, 2.24) is 0 Å². The van der Waals surface area contributed by atoms with Gasteiger partial charge in [0.2, 0.25) is 0 Å². The second-order valence-electron chi connectivity index (χ2n) is 5.73. The monoisotopic (exact) mass is 380 g/mol. The summed E-state index contributed by atoms with van der Waals surface area (Å²) in [7, 11) is 1.67. The second kappa shape index (κ2) is 9.30. The lowest BCUT2D eigenvalue weighted by atomic mass is 10.3. The molecule has 2 aromatic carbocycles. The fourth-order valence-corrected chi connectivity index (χ4v) is 2.89. The van der Waals surface area contributed by atoms with Crippen LogP contribution in [-0.4, -0.2) is 38.2 Å². The van der Waals surface area contributed by atoms with E-state index in [9.17, 15) is 18.4 Å². The van der Waals surface area contributed by atoms with Crippen LogP contribution < -0.4 is 15.5 Å². The molecular weight excluding hydrogens is 360 g/mol. The molecule has 5 nitrogen and oxygen atoms in total. The summed E-state index contributed by atoms with van der Waals surface area (Å²) >= 11 is 1.52. The van der Waals surface area contributed by atoms with E-state index >= 15 is 0 Å². The first-order valence-corrected chi connectivity index (χ1v) is 9.10. The van der Waals surface area contributed by atoms with Crippen molar-refractivity contribution in [2.24, 2.45) is 0 Å². The first kappa shape index (κ1) is 19.9. The van der Waals surface area contributed by atoms with Crippen molar-refractivity contribution < 1.29 is 23.3 Å². The molecule has 0 saturated heterocycles. The zero-order chi connectivity index (χ0) is 19.1. The van der Waals surface area contributed by atoms with E-state index in [-0.39, 0.29) is 24.7 Å². The number of anilines is 2. The van der Waals surface area contributed by atoms with E-state index in [4.69, 9.17) is 0 Å². The van der Waals surface area contributed by atoms with Crippen LogP contribution in [0.3, 0.4) is 0 Å². The number of hydrogen-bond acceptors (Lipinski definition) is 3. The lowest BCUT2D eigenvalue weighted by molar-refractivity contribution is -0.862. The minimum atomic E-state index is -0.719. The SMILES string of the molecule is CSc1ccccc1NC(=O)C[NH+](C)CC(=O)Nc1cc(F)ccc1F. The molecule has 0 aliphatic rings. The molecule has 2 rings (SSSR count). The fourth-order valence-electron chi connectivity index (χ4n) is 2.34. The Morgan fingerprint density at radius 1 is 1.00 bits per heavy atom. The third kappa shape index (κ3) is 5.82. The molecule has 0 heterocycles. The molecule has 8 heteroatoms. The molecule has 0 aliphatic heterocycles. The summed E-state index contributed by atoms with van der Waals surface area (Å²) in [6, 6.07) is 10.2. The van der Waals surface area contributed by atoms with Gasteiger partial charge in [0.05, 0.1) is 18.4 Å². The van der Waals surface area contributed by atoms with Gasteiger partial charge >= 0.3 is 0 Å². The fraction of sp³-hybridized carbons (Fsp3) is 0.222. The van der Waals surface area contributed by atoms with Crippen LogP contribution in [0.2, 0.25) is 0 Å². The number of thioether (sulfide) groups is 1. The molecule has 2 amide bonds. The van der Waals surface area contributed by atoms with Crippen LogP contribution in [0.15, 0.2) is 47.4 Å². The third-order valence-electron chi connectivity index (χ3n) is 3.51. The van der Waals surface area contributed by atoms with Gasteiger partial charge in [-0.3, -0.25) is 9.59 Å². The number of rotatable bonds is 7. The Hall–Kier alpha value is -2.45. The van der Waals surface area contributed by atoms with E-state index in [0.717, 1.165) is 23.1 Å². The highest BCUT2D eigenvalue weighted by atomic mass is 32.2. The Morgan fingerprint density at radius 2 is 1.62 bits per heavy atom. The summed E-state index contributed by atoms with van der Waals surface area (Å²) in [6.45, 7) is -0.00465. The van der Waals surface area contributed by atoms with Gasteiger partial charge in [-0.25, -0.2) is 8.78 Å². The summed E-state index contributed by atoms with van der Waals surface area (Å²) in [5, 5.41) is 5.12. The number of quaternary nitrogens is 1. The molecule has 1 atom stereocenters. The van der Waals surface area contributed by atoms with Crippen molar-refractivity contribution >= 4 is 35.0 Å². The molecular formula is C18H20F2N3O2S+. The summed E-state index contributed by atoms with van der Waals surface area (Å²) in [4.78, 5) is 25.7. The van der Waals surface area contributed by atoms with Crippen LogP contribution in [0.1, 0.15) is 0 Å². The highest BCUT2D eigenvalue weighted by molar-refractivity contribution is 7.98. The van der Waals surface area contributed by atoms with Gasteiger partial charge < -0.3 is 15.5 Å². The number of carbonyl (C=O) groups excluding carboxylic acids is 2. The maximum absolute atomic E-state index is 13.5. The Bertz CT molecular complexity index is 802. The number of nitrogens with one attached hydrogen (secondary N) is 3. The lowest BCUT2D eigenvalue weighted by Crippen LogP contribution is -3.11. The smallest absolute Gasteiger partial charge is 0.279 e. The first-order valence-electron chi connectivity index (χ1n) is 7.88. The Morgan fingerprint density at radius 3 is 2.27 bits per heavy atom. The first-order chi connectivity index (χ1) is 12.4. The number of amides is 2. The summed E-state index contributed by atoms with van der Waals surface area (Å²) in [5.74, 6) is -2.11. The van der Waals surface area contributed by atoms with E-state index in [0.29, 0.717) is 10.6 Å². The Kier molecular flexibility index (Phi) is 7.11. The van der Waals surface area contributed by atoms with E-state index < -0.39 is 17.5 Å². The maximum atomic E-state index is 13.5. The van der Waals surface area contributed by atoms with Crippen LogP contribution in [0.25, 0.3) is 0 Å². The predicted molar refractivity (Wildman–Crippen MR) is 98.5 cm³/mol. The minimum Gasteiger partial charge on any atom is -0.322 e. The van der Waals surface area contributed by atoms with Gasteiger partial charge in [0.25, 0.3) is 11.8 Å². The number of para-hydroxylation sites is 1. The molecule has 0 saturated carbocycles. The van der Waals surface area contributed by atoms with Gasteiger partial charge in [-0.1, -0.05) is 12.1 Å². The van der Waals surface area contributed by atoms with Crippen LogP contribution >= 0.6 is 11.8 Å². The summed E-state index contributed by atoms with van der Waals surface area (Å²) in [6.07, 6.45) is 1.91. The largest absolute Gasteiger partial charge is 0.322 e. The quantitative estimate of drug-likeness (QED) is 0.642. The van der Waals surface area contributed by atoms with Gasteiger partial charge in [0.15, 0.2) is 13.1 Å². The van der Waals surface area contributed by atoms with Crippen molar-refractivity contribution in [3.8, 4) is 0 Å². The van der Waals surface area contributed by atoms with Crippen molar-refractivity contribution in [2.45, 2.75) is 4.90 Å². The number of benzene rings is 2. The van der Waals surface area contributed by atoms with Crippen molar-refractivity contribution in [1.29, 1.82) is 0 Å². The summed E-state index contributed by atoms with van der Waals surface area (Å²) < 4.78 is 26.7. The van der Waals surface area contributed by atoms with E-state index in [1.165, 1.54) is 11.8 Å². The molecule has 0 aromatic heterocycles. The van der Waals surface area contributed by atoms with Crippen LogP contribution in [-0.2, 0) is 9.59 Å². The van der Waals surface area contributed by atoms with Gasteiger partial charge in [-0.05, 0) is 30.5 Å². The van der Waals surface area contributed by atoms with Crippen LogP contribution in [0.4, 0.5) is 20.2 Å². The Balaban J connectivity index is 1.87. The van der Waals surface area contributed by atoms with Crippen molar-refractivity contribution in [2.75, 3.05) is 37.0 Å². The van der Waals surface area contributed by atoms with Gasteiger partial charge in [-0.15, -0.1) is 11.8 Å². The highest BCUT2D eigenvalue weighted by Gasteiger charge is 2.16. The van der Waals surface area contributed by atoms with Gasteiger partial charge in [0, 0.05) is 11.0 Å². The molecule has 0 fully saturated rings. The third-order valence-corrected chi connectivity index (χ3v) is 4.30. The van der Waals surface area contributed by atoms with Crippen molar-refractivity contribution in [3.63, 3.8) is 0 Å². The zero-order valence-corrected chi connectivity index (χ0v) is 15.3. The topological polar surface area (TPSA) is 62.6 Å². The predicted octanol–water partition coefficient (Wildman–Crippen LogP) is 1.78. The zero-order valence-electron chi connectivity index (χ0n) is 14.4. The number of halogens is 2. The highest BCUT2D eigenvalue weighted by Crippen LogP contribution is 2.24. The number of carbonyl (C=O) groups is 2. The van der Waals surface area contributed by atoms with Gasteiger partial charge in [0.1, 0.15) is 11.6 Å². The average molecular weight is 380 g/mol. The van der Waals surface area contributed by atoms with Gasteiger partial charge in [-0.2, -0.15) is 0 Å². The number of hydrogen-bond donors (Lipinski definition) is 3. The molecule has 0 spiro atoms. The van der Waals surface area contributed by atoms with Crippen LogP contribution in [0.5, 0.6) is 0 Å². The molecule has 0 aliphatic carbocycles. The number of likely N-dealkylation sites (N-methyl/N-ethyl adjacent to an activating group) is 1. The molecule has 0 radical (unpaired) electrons. The Labute approximate surface area is 154 Å². The van der Waals surface area contributed by atoms with E-state index in [2.05, 4.69) is 10.6 Å². The molecule has 3 N–H and O–H groups in total. The average Bonchev–Trinajstić information content (AvgIpc) is 2.58. The standard InChI is InChI=1S/C18H19F2N3O2S/c1-23(10-17(24)21-14-5-3-4-6-16(14)26-2)11-18(25)22-15-9-12(19)7-8-13(15)20/h3-9H,10-11H2,1-2H3,(H,21,24)(H,22,25)/p+1. The molecule has 138 valence electrons. The van der Waals surface area contributed by atoms with Crippen LogP contribution in [0, 0.1) is 11.6 Å². The molecule has 2 aromatic rings. The van der Waals surface area contributed by atoms with E-state index in [1.54, 1.807) is 13.1 Å². The summed E-state index contributed by atoms with van der Waals surface area (Å²) in [5.41, 5.74) is 0.491.